The van der Waals surface area contributed by atoms with Crippen molar-refractivity contribution in [2.75, 3.05) is 31.2 Å². The van der Waals surface area contributed by atoms with Gasteiger partial charge in [-0.25, -0.2) is 31.3 Å². The van der Waals surface area contributed by atoms with E-state index in [4.69, 9.17) is 4.74 Å². The molecule has 2 atom stereocenters. The smallest absolute Gasteiger partial charge is 0.335 e. The summed E-state index contributed by atoms with van der Waals surface area (Å²) in [5.74, 6) is 0. The number of hydrogen-bond donors (Lipinski definition) is 2. The zero-order chi connectivity index (χ0) is 26.0. The standard InChI is InChI=1S/C21H27F2N7O4S2/c1-11-7-29(8-12(2)24-11)14-5-13(36(32,33)27-21(3)9-34-10-21)6-15-16(14)28(4)20(31)30(15)19-26-25-18(35-19)17(22)23/h5-6,11-12,17,24,27H,7-10H2,1-4H3/t11-,12-/m0/s1. The number of sulfonamides is 1. The SMILES string of the molecule is C[C@H]1CN(c2cc(S(=O)(=O)NC3(C)COC3)cc3c2n(C)c(=O)n3-c2nnc(C(F)F)s2)C[C@H](C)N1. The first-order chi connectivity index (χ1) is 16.9. The molecule has 0 bridgehead atoms. The molecule has 1 aromatic carbocycles. The number of fused-ring (bicyclic) bond motifs is 1. The number of hydrogen-bond acceptors (Lipinski definition) is 9. The monoisotopic (exact) mass is 543 g/mol. The van der Waals surface area contributed by atoms with E-state index in [1.807, 2.05) is 18.7 Å². The number of rotatable bonds is 6. The first-order valence-corrected chi connectivity index (χ1v) is 13.7. The third kappa shape index (κ3) is 4.32. The summed E-state index contributed by atoms with van der Waals surface area (Å²) in [4.78, 5) is 15.3. The first-order valence-electron chi connectivity index (χ1n) is 11.4. The van der Waals surface area contributed by atoms with Crippen molar-refractivity contribution in [3.8, 4) is 5.13 Å². The highest BCUT2D eigenvalue weighted by Crippen LogP contribution is 2.34. The molecule has 0 unspecified atom stereocenters. The van der Waals surface area contributed by atoms with Crippen LogP contribution in [0.25, 0.3) is 16.2 Å². The van der Waals surface area contributed by atoms with Crippen LogP contribution in [-0.2, 0) is 21.8 Å². The molecule has 15 heteroatoms. The van der Waals surface area contributed by atoms with Crippen molar-refractivity contribution in [3.05, 3.63) is 27.6 Å². The number of halogens is 2. The lowest BCUT2D eigenvalue weighted by Crippen LogP contribution is -2.59. The van der Waals surface area contributed by atoms with Crippen LogP contribution in [0.2, 0.25) is 0 Å². The lowest BCUT2D eigenvalue weighted by Gasteiger charge is -2.39. The fourth-order valence-corrected chi connectivity index (χ4v) is 6.93. The van der Waals surface area contributed by atoms with Crippen molar-refractivity contribution >= 4 is 38.1 Å². The molecule has 5 rings (SSSR count). The molecule has 2 aromatic heterocycles. The molecule has 2 aliphatic heterocycles. The van der Waals surface area contributed by atoms with Crippen molar-refractivity contribution in [3.63, 3.8) is 0 Å². The normalized spacial score (nSPS) is 22.4. The molecule has 0 aliphatic carbocycles. The molecule has 2 N–H and O–H groups in total. The van der Waals surface area contributed by atoms with Crippen LogP contribution in [0.3, 0.4) is 0 Å². The molecule has 0 amide bonds. The van der Waals surface area contributed by atoms with Gasteiger partial charge in [-0.05, 0) is 32.9 Å². The van der Waals surface area contributed by atoms with Crippen molar-refractivity contribution in [1.29, 1.82) is 0 Å². The summed E-state index contributed by atoms with van der Waals surface area (Å²) in [6.45, 7) is 7.44. The van der Waals surface area contributed by atoms with Gasteiger partial charge in [-0.1, -0.05) is 11.3 Å². The van der Waals surface area contributed by atoms with E-state index in [1.165, 1.54) is 10.6 Å². The van der Waals surface area contributed by atoms with Crippen LogP contribution in [0.4, 0.5) is 14.5 Å². The highest BCUT2D eigenvalue weighted by molar-refractivity contribution is 7.89. The second kappa shape index (κ2) is 8.83. The minimum Gasteiger partial charge on any atom is -0.377 e. The molecule has 2 fully saturated rings. The molecule has 0 radical (unpaired) electrons. The summed E-state index contributed by atoms with van der Waals surface area (Å²) in [5, 5.41) is 10.2. The zero-order valence-corrected chi connectivity index (χ0v) is 21.8. The highest BCUT2D eigenvalue weighted by atomic mass is 32.2. The van der Waals surface area contributed by atoms with E-state index in [9.17, 15) is 22.0 Å². The van der Waals surface area contributed by atoms with Gasteiger partial charge in [0.1, 0.15) is 0 Å². The molecule has 3 aromatic rings. The second-order valence-corrected chi connectivity index (χ2v) is 12.4. The lowest BCUT2D eigenvalue weighted by molar-refractivity contribution is -0.0523. The summed E-state index contributed by atoms with van der Waals surface area (Å²) in [6.07, 6.45) is -2.84. The number of imidazole rings is 1. The van der Waals surface area contributed by atoms with Crippen LogP contribution in [0.5, 0.6) is 0 Å². The zero-order valence-electron chi connectivity index (χ0n) is 20.2. The Kier molecular flexibility index (Phi) is 6.18. The Morgan fingerprint density at radius 2 is 1.89 bits per heavy atom. The molecular formula is C21H27F2N7O4S2. The number of nitrogens with zero attached hydrogens (tertiary/aromatic N) is 5. The summed E-state index contributed by atoms with van der Waals surface area (Å²) in [6, 6.07) is 3.17. The number of aryl methyl sites for hydroxylation is 1. The van der Waals surface area contributed by atoms with E-state index >= 15 is 0 Å². The first kappa shape index (κ1) is 25.2. The Hall–Kier alpha value is -2.46. The van der Waals surface area contributed by atoms with E-state index in [2.05, 4.69) is 20.2 Å². The van der Waals surface area contributed by atoms with E-state index < -0.39 is 32.7 Å². The molecule has 0 spiro atoms. The Morgan fingerprint density at radius 1 is 1.22 bits per heavy atom. The molecule has 11 nitrogen and oxygen atoms in total. The number of alkyl halides is 2. The van der Waals surface area contributed by atoms with Gasteiger partial charge >= 0.3 is 5.69 Å². The Labute approximate surface area is 210 Å². The van der Waals surface area contributed by atoms with Gasteiger partial charge in [0, 0.05) is 32.2 Å². The number of benzene rings is 1. The molecule has 2 aliphatic rings. The fraction of sp³-hybridized carbons (Fsp3) is 0.571. The van der Waals surface area contributed by atoms with Gasteiger partial charge in [-0.3, -0.25) is 4.57 Å². The van der Waals surface area contributed by atoms with E-state index in [-0.39, 0.29) is 40.8 Å². The van der Waals surface area contributed by atoms with Gasteiger partial charge in [-0.2, -0.15) is 0 Å². The summed E-state index contributed by atoms with van der Waals surface area (Å²) in [7, 11) is -2.46. The Balaban J connectivity index is 1.75. The van der Waals surface area contributed by atoms with E-state index in [0.717, 1.165) is 4.57 Å². The van der Waals surface area contributed by atoms with Crippen molar-refractivity contribution < 1.29 is 21.9 Å². The quantitative estimate of drug-likeness (QED) is 0.478. The summed E-state index contributed by atoms with van der Waals surface area (Å²) in [5.41, 5.74) is -0.00638. The third-order valence-electron chi connectivity index (χ3n) is 6.34. The molecular weight excluding hydrogens is 516 g/mol. The van der Waals surface area contributed by atoms with Gasteiger partial charge < -0.3 is 15.0 Å². The van der Waals surface area contributed by atoms with Crippen LogP contribution < -0.4 is 20.6 Å². The maximum atomic E-state index is 13.5. The average molecular weight is 544 g/mol. The predicted molar refractivity (Wildman–Crippen MR) is 131 cm³/mol. The average Bonchev–Trinajstić information content (AvgIpc) is 3.34. The minimum absolute atomic E-state index is 0.0464. The molecule has 36 heavy (non-hydrogen) atoms. The molecule has 4 heterocycles. The predicted octanol–water partition coefficient (Wildman–Crippen LogP) is 1.37. The summed E-state index contributed by atoms with van der Waals surface area (Å²) < 4.78 is 63.8. The summed E-state index contributed by atoms with van der Waals surface area (Å²) >= 11 is 0.587. The van der Waals surface area contributed by atoms with Crippen molar-refractivity contribution in [2.24, 2.45) is 7.05 Å². The van der Waals surface area contributed by atoms with Crippen molar-refractivity contribution in [2.45, 2.75) is 49.7 Å². The number of nitrogens with one attached hydrogen (secondary N) is 2. The van der Waals surface area contributed by atoms with Gasteiger partial charge in [0.2, 0.25) is 15.2 Å². The maximum Gasteiger partial charge on any atom is 0.335 e. The van der Waals surface area contributed by atoms with Crippen molar-refractivity contribution in [1.82, 2.24) is 29.4 Å². The van der Waals surface area contributed by atoms with Gasteiger partial charge in [0.15, 0.2) is 5.01 Å². The van der Waals surface area contributed by atoms with Gasteiger partial charge in [0.25, 0.3) is 6.43 Å². The van der Waals surface area contributed by atoms with Crippen LogP contribution >= 0.6 is 11.3 Å². The van der Waals surface area contributed by atoms with Crippen LogP contribution in [0.1, 0.15) is 32.2 Å². The second-order valence-electron chi connectivity index (χ2n) is 9.74. The van der Waals surface area contributed by atoms with Crippen LogP contribution in [0, 0.1) is 0 Å². The minimum atomic E-state index is -4.02. The Morgan fingerprint density at radius 3 is 2.44 bits per heavy atom. The molecule has 2 saturated heterocycles. The number of aromatic nitrogens is 4. The van der Waals surface area contributed by atoms with E-state index in [1.54, 1.807) is 20.0 Å². The number of piperazine rings is 1. The van der Waals surface area contributed by atoms with Gasteiger partial charge in [0.05, 0.1) is 40.4 Å². The maximum absolute atomic E-state index is 13.5. The van der Waals surface area contributed by atoms with E-state index in [0.29, 0.717) is 35.6 Å². The van der Waals surface area contributed by atoms with Crippen LogP contribution in [-0.4, -0.2) is 71.7 Å². The topological polar surface area (TPSA) is 123 Å². The number of anilines is 1. The largest absolute Gasteiger partial charge is 0.377 e. The van der Waals surface area contributed by atoms with Gasteiger partial charge in [-0.15, -0.1) is 10.2 Å². The lowest BCUT2D eigenvalue weighted by atomic mass is 10.0. The van der Waals surface area contributed by atoms with Crippen LogP contribution in [0.15, 0.2) is 21.8 Å². The third-order valence-corrected chi connectivity index (χ3v) is 8.87. The molecule has 0 saturated carbocycles. The molecule has 196 valence electrons. The number of ether oxygens (including phenoxy) is 1. The fourth-order valence-electron chi connectivity index (χ4n) is 4.80. The highest BCUT2D eigenvalue weighted by Gasteiger charge is 2.38. The Bertz CT molecular complexity index is 1470.